The lowest BCUT2D eigenvalue weighted by molar-refractivity contribution is 0.180. The average Bonchev–Trinajstić information content (AvgIpc) is 3.66. The first-order chi connectivity index (χ1) is 22.1. The van der Waals surface area contributed by atoms with Crippen LogP contribution in [0, 0.1) is 11.7 Å². The molecule has 1 fully saturated rings. The lowest BCUT2D eigenvalue weighted by atomic mass is 9.58. The largest absolute Gasteiger partial charge is 0.331 e. The van der Waals surface area contributed by atoms with E-state index < -0.39 is 0 Å². The van der Waals surface area contributed by atoms with Gasteiger partial charge >= 0.3 is 6.03 Å². The number of hydrogen-bond acceptors (Lipinski definition) is 4. The topological polar surface area (TPSA) is 75.9 Å². The van der Waals surface area contributed by atoms with Crippen molar-refractivity contribution in [2.45, 2.75) is 50.2 Å². The van der Waals surface area contributed by atoms with E-state index in [2.05, 4.69) is 45.6 Å². The Morgan fingerprint density at radius 1 is 0.933 bits per heavy atom. The molecule has 1 saturated carbocycles. The number of fused-ring (bicyclic) bond motifs is 2. The lowest BCUT2D eigenvalue weighted by Gasteiger charge is -2.47. The third kappa shape index (κ3) is 4.81. The normalized spacial score (nSPS) is 21.1. The average molecular weight is 597 g/mol. The van der Waals surface area contributed by atoms with E-state index in [1.54, 1.807) is 24.5 Å². The molecule has 3 aromatic heterocycles. The number of allylic oxidation sites excluding steroid dienone is 1. The highest BCUT2D eigenvalue weighted by Crippen LogP contribution is 2.60. The summed E-state index contributed by atoms with van der Waals surface area (Å²) in [5.41, 5.74) is 8.89. The van der Waals surface area contributed by atoms with E-state index in [-0.39, 0.29) is 23.3 Å². The molecule has 8 rings (SSSR count). The van der Waals surface area contributed by atoms with Gasteiger partial charge in [-0.2, -0.15) is 5.10 Å². The monoisotopic (exact) mass is 596 g/mol. The molecule has 2 aromatic carbocycles. The van der Waals surface area contributed by atoms with Crippen molar-refractivity contribution in [1.82, 2.24) is 30.0 Å². The first kappa shape index (κ1) is 27.4. The van der Waals surface area contributed by atoms with Crippen LogP contribution in [-0.4, -0.2) is 30.7 Å². The second kappa shape index (κ2) is 11.1. The Bertz CT molecular complexity index is 1850. The van der Waals surface area contributed by atoms with E-state index in [0.29, 0.717) is 19.0 Å². The van der Waals surface area contributed by atoms with Crippen molar-refractivity contribution in [3.63, 3.8) is 0 Å². The van der Waals surface area contributed by atoms with Gasteiger partial charge in [0.15, 0.2) is 0 Å². The molecule has 3 aliphatic rings. The number of aromatic nitrogens is 4. The van der Waals surface area contributed by atoms with Gasteiger partial charge in [0, 0.05) is 43.3 Å². The SMILES string of the molecule is O=C(NC1C[C@H]2CCC3=Cc4c(cnn4-c4ccc(F)cc4)C[C@@]32c2ccccc21)N(Cc1cccnc1)Cc1cccnc1. The predicted octanol–water partition coefficient (Wildman–Crippen LogP) is 6.95. The van der Waals surface area contributed by atoms with Gasteiger partial charge in [-0.25, -0.2) is 13.9 Å². The standard InChI is InChI=1S/C37H33FN6O/c38-30-11-13-31(14-12-30)44-35-18-29-10-9-28-17-34(32-7-1-2-8-33(32)37(28,29)19-27(35)22-41-44)42-36(45)43(23-25-5-3-15-39-20-25)24-26-6-4-16-40-21-26/h1-8,11-16,18,20-22,28,34H,9-10,17,19,23-24H2,(H,42,45)/t28-,34?,37+/m1/s1. The van der Waals surface area contributed by atoms with E-state index in [0.717, 1.165) is 48.2 Å². The lowest BCUT2D eigenvalue weighted by Crippen LogP contribution is -2.47. The van der Waals surface area contributed by atoms with Crippen LogP contribution in [0.5, 0.6) is 0 Å². The maximum atomic E-state index is 14.1. The first-order valence-electron chi connectivity index (χ1n) is 15.5. The number of benzene rings is 2. The van der Waals surface area contributed by atoms with Gasteiger partial charge in [0.25, 0.3) is 0 Å². The summed E-state index contributed by atoms with van der Waals surface area (Å²) >= 11 is 0. The fourth-order valence-electron chi connectivity index (χ4n) is 7.88. The van der Waals surface area contributed by atoms with Crippen molar-refractivity contribution in [2.24, 2.45) is 5.92 Å². The fraction of sp³-hybridized carbons (Fsp3) is 0.243. The van der Waals surface area contributed by atoms with Gasteiger partial charge in [-0.3, -0.25) is 9.97 Å². The quantitative estimate of drug-likeness (QED) is 0.230. The van der Waals surface area contributed by atoms with Crippen LogP contribution in [0.3, 0.4) is 0 Å². The van der Waals surface area contributed by atoms with Crippen LogP contribution in [0.1, 0.15) is 58.8 Å². The summed E-state index contributed by atoms with van der Waals surface area (Å²) in [5.74, 6) is 0.129. The Labute approximate surface area is 261 Å². The number of rotatable bonds is 6. The number of pyridine rings is 2. The summed E-state index contributed by atoms with van der Waals surface area (Å²) in [6, 6.07) is 22.8. The van der Waals surface area contributed by atoms with Gasteiger partial charge < -0.3 is 10.2 Å². The maximum Gasteiger partial charge on any atom is 0.318 e. The molecule has 3 atom stereocenters. The van der Waals surface area contributed by atoms with Gasteiger partial charge in [-0.15, -0.1) is 0 Å². The van der Waals surface area contributed by atoms with Gasteiger partial charge in [-0.05, 0) is 102 Å². The van der Waals surface area contributed by atoms with Crippen LogP contribution in [0.2, 0.25) is 0 Å². The van der Waals surface area contributed by atoms with Crippen molar-refractivity contribution < 1.29 is 9.18 Å². The molecular formula is C37H33FN6O. The second-order valence-corrected chi connectivity index (χ2v) is 12.4. The van der Waals surface area contributed by atoms with Crippen LogP contribution in [0.25, 0.3) is 11.8 Å². The number of nitrogens with zero attached hydrogens (tertiary/aromatic N) is 5. The van der Waals surface area contributed by atoms with Crippen LogP contribution in [-0.2, 0) is 24.9 Å². The van der Waals surface area contributed by atoms with Gasteiger partial charge in [-0.1, -0.05) is 42.0 Å². The number of halogens is 1. The molecule has 8 heteroatoms. The molecule has 5 aromatic rings. The first-order valence-corrected chi connectivity index (χ1v) is 15.5. The third-order valence-corrected chi connectivity index (χ3v) is 9.88. The fourth-order valence-corrected chi connectivity index (χ4v) is 7.88. The minimum absolute atomic E-state index is 0.0984. The molecule has 224 valence electrons. The van der Waals surface area contributed by atoms with Crippen LogP contribution >= 0.6 is 0 Å². The molecule has 0 saturated heterocycles. The summed E-state index contributed by atoms with van der Waals surface area (Å²) in [7, 11) is 0. The minimum atomic E-state index is -0.256. The Kier molecular flexibility index (Phi) is 6.77. The van der Waals surface area contributed by atoms with Gasteiger partial charge in [0.2, 0.25) is 0 Å². The molecule has 0 bridgehead atoms. The molecule has 3 aliphatic carbocycles. The van der Waals surface area contributed by atoms with Crippen molar-refractivity contribution in [3.05, 3.63) is 149 Å². The summed E-state index contributed by atoms with van der Waals surface area (Å²) in [4.78, 5) is 24.4. The smallest absolute Gasteiger partial charge is 0.318 e. The molecule has 0 aliphatic heterocycles. The number of carbonyl (C=O) groups is 1. The Hall–Kier alpha value is -5.11. The highest BCUT2D eigenvalue weighted by molar-refractivity contribution is 5.75. The van der Waals surface area contributed by atoms with E-state index in [1.807, 2.05) is 52.4 Å². The van der Waals surface area contributed by atoms with Crippen molar-refractivity contribution in [2.75, 3.05) is 0 Å². The van der Waals surface area contributed by atoms with Crippen LogP contribution in [0.15, 0.2) is 109 Å². The highest BCUT2D eigenvalue weighted by Gasteiger charge is 2.54. The molecule has 7 nitrogen and oxygen atoms in total. The molecule has 45 heavy (non-hydrogen) atoms. The second-order valence-electron chi connectivity index (χ2n) is 12.4. The zero-order valence-corrected chi connectivity index (χ0v) is 24.8. The highest BCUT2D eigenvalue weighted by atomic mass is 19.1. The molecule has 2 amide bonds. The molecule has 3 heterocycles. The summed E-state index contributed by atoms with van der Waals surface area (Å²) in [6.45, 7) is 0.897. The molecule has 1 spiro atoms. The molecule has 0 radical (unpaired) electrons. The number of hydrogen-bond donors (Lipinski definition) is 1. The van der Waals surface area contributed by atoms with Crippen LogP contribution < -0.4 is 5.32 Å². The van der Waals surface area contributed by atoms with E-state index >= 15 is 0 Å². The van der Waals surface area contributed by atoms with E-state index in [1.165, 1.54) is 34.4 Å². The third-order valence-electron chi connectivity index (χ3n) is 9.88. The van der Waals surface area contributed by atoms with Gasteiger partial charge in [0.05, 0.1) is 23.6 Å². The number of carbonyl (C=O) groups excluding carboxylic acids is 1. The van der Waals surface area contributed by atoms with E-state index in [9.17, 15) is 9.18 Å². The predicted molar refractivity (Wildman–Crippen MR) is 170 cm³/mol. The molecule has 1 unspecified atom stereocenters. The summed E-state index contributed by atoms with van der Waals surface area (Å²) in [5, 5.41) is 8.19. The zero-order chi connectivity index (χ0) is 30.4. The van der Waals surface area contributed by atoms with Crippen molar-refractivity contribution in [3.8, 4) is 5.69 Å². The van der Waals surface area contributed by atoms with Crippen molar-refractivity contribution >= 4 is 12.1 Å². The molecule has 1 N–H and O–H groups in total. The maximum absolute atomic E-state index is 14.1. The van der Waals surface area contributed by atoms with Crippen molar-refractivity contribution in [1.29, 1.82) is 0 Å². The Morgan fingerprint density at radius 3 is 2.38 bits per heavy atom. The minimum Gasteiger partial charge on any atom is -0.331 e. The number of nitrogens with one attached hydrogen (secondary N) is 1. The Balaban J connectivity index is 1.11. The molecular weight excluding hydrogens is 563 g/mol. The Morgan fingerprint density at radius 2 is 1.67 bits per heavy atom. The number of amides is 2. The summed E-state index contributed by atoms with van der Waals surface area (Å²) in [6.07, 6.45) is 15.2. The van der Waals surface area contributed by atoms with Crippen LogP contribution in [0.4, 0.5) is 9.18 Å². The summed E-state index contributed by atoms with van der Waals surface area (Å²) < 4.78 is 15.6. The zero-order valence-electron chi connectivity index (χ0n) is 24.8. The number of urea groups is 1. The van der Waals surface area contributed by atoms with Gasteiger partial charge in [0.1, 0.15) is 5.82 Å². The van der Waals surface area contributed by atoms with E-state index in [4.69, 9.17) is 5.10 Å².